The quantitative estimate of drug-likeness (QED) is 0.0896. The van der Waals surface area contributed by atoms with Crippen molar-refractivity contribution in [2.75, 3.05) is 25.0 Å². The van der Waals surface area contributed by atoms with Crippen LogP contribution in [0.1, 0.15) is 96.2 Å². The second-order valence-corrected chi connectivity index (χ2v) is 19.7. The van der Waals surface area contributed by atoms with Crippen LogP contribution in [0.3, 0.4) is 0 Å². The number of nitrogens with zero attached hydrogens (tertiary/aromatic N) is 7. The number of piperidine rings is 2. The number of anilines is 1. The normalized spacial score (nSPS) is 17.7. The van der Waals surface area contributed by atoms with Crippen molar-refractivity contribution in [1.29, 1.82) is 0 Å². The number of rotatable bonds is 11. The molecule has 0 bridgehead atoms. The van der Waals surface area contributed by atoms with Gasteiger partial charge in [-0.3, -0.25) is 33.6 Å². The number of carbonyl (C=O) groups is 4. The molecule has 1 spiro atoms. The SMILES string of the molecule is CCn1c(-c2ccc(-n3cnn(C)c3=O)cc2)cc2cc(C(F)(F)F)cc(C(=O)Nc3ccc(F)c(C(=O)NC4CCC5(CC4)CCN(CCc4ccc6c(c4)n(C)c(=O)n6C4CCC(=O)NC4=O)CC5)c3)c21. The molecule has 3 aliphatic rings. The molecule has 380 valence electrons. The zero-order chi connectivity index (χ0) is 51.5. The van der Waals surface area contributed by atoms with Gasteiger partial charge in [0.15, 0.2) is 0 Å². The maximum absolute atomic E-state index is 15.4. The van der Waals surface area contributed by atoms with Gasteiger partial charge in [-0.25, -0.2) is 23.2 Å². The summed E-state index contributed by atoms with van der Waals surface area (Å²) in [6, 6.07) is 18.6. The number of nitrogens with one attached hydrogen (secondary N) is 3. The minimum Gasteiger partial charge on any atom is -0.349 e. The molecule has 16 nitrogen and oxygen atoms in total. The van der Waals surface area contributed by atoms with E-state index in [1.807, 2.05) is 18.2 Å². The van der Waals surface area contributed by atoms with Gasteiger partial charge < -0.3 is 20.1 Å². The summed E-state index contributed by atoms with van der Waals surface area (Å²) in [6.07, 6.45) is 3.02. The molecule has 10 rings (SSSR count). The predicted octanol–water partition coefficient (Wildman–Crippen LogP) is 7.25. The Bertz CT molecular complexity index is 3460. The molecule has 0 radical (unpaired) electrons. The zero-order valence-corrected chi connectivity index (χ0v) is 40.5. The standard InChI is InChI=1S/C53H54F4N10O6/c1-4-65-43(32-6-9-37(10-7-32)66-30-58-63(3)51(66)73)27-33-26-34(53(55,56)57)28-39(46(33)65)48(70)60-36-8-11-40(54)38(29-36)47(69)59-35-15-18-52(19-16-35)20-23-64(24-21-52)22-17-31-5-12-41-44(25-31)62(2)50(72)67(41)42-13-14-45(68)61-49(42)71/h5-12,25-30,35,42H,4,13-24H2,1-3H3,(H,59,69)(H,60,70)(H,61,68,71). The molecule has 1 saturated carbocycles. The fraction of sp³-hybridized carbons (Fsp3) is 0.377. The van der Waals surface area contributed by atoms with Crippen molar-refractivity contribution < 1.29 is 36.7 Å². The first-order valence-corrected chi connectivity index (χ1v) is 24.5. The smallest absolute Gasteiger partial charge is 0.349 e. The first kappa shape index (κ1) is 49.0. The summed E-state index contributed by atoms with van der Waals surface area (Å²) in [5.41, 5.74) is 2.32. The molecule has 1 aliphatic carbocycles. The van der Waals surface area contributed by atoms with Crippen molar-refractivity contribution in [3.8, 4) is 16.9 Å². The highest BCUT2D eigenvalue weighted by molar-refractivity contribution is 6.13. The number of aryl methyl sites for hydroxylation is 3. The Labute approximate surface area is 415 Å². The number of imide groups is 1. The van der Waals surface area contributed by atoms with Crippen LogP contribution in [0.5, 0.6) is 0 Å². The second kappa shape index (κ2) is 19.1. The van der Waals surface area contributed by atoms with Gasteiger partial charge in [0.1, 0.15) is 18.2 Å². The number of benzene rings is 4. The van der Waals surface area contributed by atoms with Gasteiger partial charge in [-0.2, -0.15) is 18.3 Å². The molecule has 4 aromatic carbocycles. The Balaban J connectivity index is 0.765. The van der Waals surface area contributed by atoms with E-state index in [1.165, 1.54) is 39.3 Å². The molecule has 2 saturated heterocycles. The minimum atomic E-state index is -4.78. The van der Waals surface area contributed by atoms with E-state index in [-0.39, 0.29) is 75.8 Å². The van der Waals surface area contributed by atoms with Crippen LogP contribution in [0.15, 0.2) is 94.8 Å². The fourth-order valence-electron chi connectivity index (χ4n) is 11.1. The Morgan fingerprint density at radius 2 is 1.56 bits per heavy atom. The highest BCUT2D eigenvalue weighted by atomic mass is 19.4. The van der Waals surface area contributed by atoms with Crippen LogP contribution in [0.4, 0.5) is 23.2 Å². The number of fused-ring (bicyclic) bond motifs is 2. The van der Waals surface area contributed by atoms with Gasteiger partial charge in [0.2, 0.25) is 11.8 Å². The first-order chi connectivity index (χ1) is 34.9. The third kappa shape index (κ3) is 9.39. The molecule has 3 N–H and O–H groups in total. The Morgan fingerprint density at radius 1 is 0.822 bits per heavy atom. The molecule has 7 aromatic rings. The summed E-state index contributed by atoms with van der Waals surface area (Å²) >= 11 is 0. The average molecular weight is 1000 g/mol. The zero-order valence-electron chi connectivity index (χ0n) is 40.5. The van der Waals surface area contributed by atoms with Crippen LogP contribution >= 0.6 is 0 Å². The maximum atomic E-state index is 15.4. The van der Waals surface area contributed by atoms with Crippen molar-refractivity contribution >= 4 is 51.3 Å². The van der Waals surface area contributed by atoms with Gasteiger partial charge >= 0.3 is 17.6 Å². The van der Waals surface area contributed by atoms with E-state index < -0.39 is 41.3 Å². The van der Waals surface area contributed by atoms with Crippen molar-refractivity contribution in [2.24, 2.45) is 19.5 Å². The highest BCUT2D eigenvalue weighted by Crippen LogP contribution is 2.45. The fourth-order valence-corrected chi connectivity index (χ4v) is 11.1. The lowest BCUT2D eigenvalue weighted by Gasteiger charge is -2.46. The monoisotopic (exact) mass is 1000 g/mol. The number of halogens is 4. The number of aromatic nitrogens is 6. The van der Waals surface area contributed by atoms with Crippen LogP contribution in [0.2, 0.25) is 0 Å². The molecule has 1 unspecified atom stereocenters. The number of hydrogen-bond acceptors (Lipinski definition) is 8. The van der Waals surface area contributed by atoms with Gasteiger partial charge in [-0.05, 0) is 149 Å². The Morgan fingerprint density at radius 3 is 2.23 bits per heavy atom. The molecular formula is C53H54F4N10O6. The number of amides is 4. The van der Waals surface area contributed by atoms with Crippen molar-refractivity contribution in [3.63, 3.8) is 0 Å². The molecule has 5 heterocycles. The molecule has 20 heteroatoms. The van der Waals surface area contributed by atoms with E-state index >= 15 is 4.39 Å². The molecular weight excluding hydrogens is 949 g/mol. The Hall–Kier alpha value is -7.61. The molecule has 3 fully saturated rings. The highest BCUT2D eigenvalue weighted by Gasteiger charge is 2.39. The molecule has 73 heavy (non-hydrogen) atoms. The summed E-state index contributed by atoms with van der Waals surface area (Å²) in [6.45, 7) is 4.75. The molecule has 3 aromatic heterocycles. The summed E-state index contributed by atoms with van der Waals surface area (Å²) in [7, 11) is 3.21. The summed E-state index contributed by atoms with van der Waals surface area (Å²) in [5.74, 6) is -3.14. The van der Waals surface area contributed by atoms with E-state index in [2.05, 4.69) is 25.9 Å². The van der Waals surface area contributed by atoms with Gasteiger partial charge in [0, 0.05) is 56.4 Å². The van der Waals surface area contributed by atoms with Crippen LogP contribution in [-0.2, 0) is 42.8 Å². The van der Waals surface area contributed by atoms with Gasteiger partial charge in [0.05, 0.1) is 38.9 Å². The van der Waals surface area contributed by atoms with Crippen molar-refractivity contribution in [3.05, 3.63) is 134 Å². The maximum Gasteiger partial charge on any atom is 0.416 e. The second-order valence-electron chi connectivity index (χ2n) is 19.7. The lowest BCUT2D eigenvalue weighted by molar-refractivity contribution is -0.138. The van der Waals surface area contributed by atoms with Crippen molar-refractivity contribution in [2.45, 2.75) is 89.5 Å². The number of likely N-dealkylation sites (tertiary alicyclic amines) is 1. The number of hydrogen-bond donors (Lipinski definition) is 3. The molecule has 4 amide bonds. The van der Waals surface area contributed by atoms with Crippen molar-refractivity contribution in [1.82, 2.24) is 43.6 Å². The van der Waals surface area contributed by atoms with Crippen LogP contribution in [0.25, 0.3) is 38.9 Å². The number of carbonyl (C=O) groups excluding carboxylic acids is 4. The lowest BCUT2D eigenvalue weighted by atomic mass is 9.67. The van der Waals surface area contributed by atoms with Gasteiger partial charge in [-0.1, -0.05) is 18.2 Å². The van der Waals surface area contributed by atoms with E-state index in [9.17, 15) is 41.9 Å². The third-order valence-corrected chi connectivity index (χ3v) is 15.3. The molecule has 2 aliphatic heterocycles. The summed E-state index contributed by atoms with van der Waals surface area (Å²) < 4.78 is 65.7. The van der Waals surface area contributed by atoms with Gasteiger partial charge in [-0.15, -0.1) is 0 Å². The minimum absolute atomic E-state index is 0.0302. The number of alkyl halides is 3. The summed E-state index contributed by atoms with van der Waals surface area (Å²) in [4.78, 5) is 80.2. The van der Waals surface area contributed by atoms with E-state index in [1.54, 1.807) is 53.4 Å². The van der Waals surface area contributed by atoms with Crippen LogP contribution in [-0.4, -0.2) is 82.3 Å². The first-order valence-electron chi connectivity index (χ1n) is 24.5. The Kier molecular flexibility index (Phi) is 12.8. The van der Waals surface area contributed by atoms with E-state index in [0.29, 0.717) is 35.3 Å². The third-order valence-electron chi connectivity index (χ3n) is 15.3. The molecule has 1 atom stereocenters. The average Bonchev–Trinajstić information content (AvgIpc) is 4.00. The predicted molar refractivity (Wildman–Crippen MR) is 265 cm³/mol. The number of imidazole rings is 1. The van der Waals surface area contributed by atoms with E-state index in [4.69, 9.17) is 0 Å². The lowest BCUT2D eigenvalue weighted by Crippen LogP contribution is -2.46. The summed E-state index contributed by atoms with van der Waals surface area (Å²) in [5, 5.41) is 12.1. The van der Waals surface area contributed by atoms with Crippen LogP contribution in [0, 0.1) is 11.2 Å². The largest absolute Gasteiger partial charge is 0.416 e. The van der Waals surface area contributed by atoms with E-state index in [0.717, 1.165) is 81.0 Å². The van der Waals surface area contributed by atoms with Crippen LogP contribution < -0.4 is 27.3 Å². The van der Waals surface area contributed by atoms with Gasteiger partial charge in [0.25, 0.3) is 11.8 Å². The topological polar surface area (TPSA) is 179 Å².